The second-order valence-electron chi connectivity index (χ2n) is 3.53. The molecule has 0 fully saturated rings. The second-order valence-corrected chi connectivity index (χ2v) is 3.53. The number of fused-ring (bicyclic) bond motifs is 1. The Hall–Kier alpha value is -2.37. The van der Waals surface area contributed by atoms with Gasteiger partial charge < -0.3 is 15.2 Å². The number of ether oxygens (including phenoxy) is 2. The van der Waals surface area contributed by atoms with Crippen LogP contribution >= 0.6 is 0 Å². The summed E-state index contributed by atoms with van der Waals surface area (Å²) in [7, 11) is 0. The molecule has 1 aliphatic heterocycles. The molecule has 0 saturated heterocycles. The molecule has 3 rings (SSSR count). The van der Waals surface area contributed by atoms with E-state index in [0.717, 1.165) is 5.56 Å². The van der Waals surface area contributed by atoms with E-state index < -0.39 is 0 Å². The van der Waals surface area contributed by atoms with Crippen LogP contribution in [0.1, 0.15) is 0 Å². The van der Waals surface area contributed by atoms with Gasteiger partial charge in [-0.3, -0.25) is 0 Å². The van der Waals surface area contributed by atoms with Crippen molar-refractivity contribution in [3.05, 3.63) is 24.4 Å². The highest BCUT2D eigenvalue weighted by molar-refractivity contribution is 5.71. The molecule has 6 heteroatoms. The SMILES string of the molecule is Nc1nncc(-c2cccc3c2OCCO3)n1. The van der Waals surface area contributed by atoms with Gasteiger partial charge in [-0.05, 0) is 12.1 Å². The first-order chi connectivity index (χ1) is 8.34. The fourth-order valence-electron chi connectivity index (χ4n) is 1.72. The highest BCUT2D eigenvalue weighted by Gasteiger charge is 2.17. The van der Waals surface area contributed by atoms with Gasteiger partial charge in [-0.15, -0.1) is 5.10 Å². The Balaban J connectivity index is 2.14. The van der Waals surface area contributed by atoms with Crippen LogP contribution in [0.3, 0.4) is 0 Å². The molecular weight excluding hydrogens is 220 g/mol. The number of para-hydroxylation sites is 1. The fourth-order valence-corrected chi connectivity index (χ4v) is 1.72. The molecule has 2 heterocycles. The van der Waals surface area contributed by atoms with Crippen molar-refractivity contribution in [3.8, 4) is 22.8 Å². The summed E-state index contributed by atoms with van der Waals surface area (Å²) in [5.41, 5.74) is 6.95. The zero-order valence-electron chi connectivity index (χ0n) is 8.96. The Morgan fingerprint density at radius 1 is 1.18 bits per heavy atom. The van der Waals surface area contributed by atoms with Crippen molar-refractivity contribution >= 4 is 5.95 Å². The van der Waals surface area contributed by atoms with E-state index in [2.05, 4.69) is 15.2 Å². The Kier molecular flexibility index (Phi) is 2.25. The first-order valence-electron chi connectivity index (χ1n) is 5.19. The molecule has 1 aromatic heterocycles. The third-order valence-corrected chi connectivity index (χ3v) is 2.42. The molecule has 2 aromatic rings. The normalized spacial score (nSPS) is 13.4. The van der Waals surface area contributed by atoms with Crippen LogP contribution in [0.2, 0.25) is 0 Å². The van der Waals surface area contributed by atoms with Crippen LogP contribution in [-0.2, 0) is 0 Å². The number of nitrogen functional groups attached to an aromatic ring is 1. The van der Waals surface area contributed by atoms with Crippen molar-refractivity contribution in [2.24, 2.45) is 0 Å². The van der Waals surface area contributed by atoms with Crippen LogP contribution in [0.25, 0.3) is 11.3 Å². The largest absolute Gasteiger partial charge is 0.486 e. The van der Waals surface area contributed by atoms with Crippen molar-refractivity contribution in [2.45, 2.75) is 0 Å². The number of nitrogens with two attached hydrogens (primary N) is 1. The van der Waals surface area contributed by atoms with Crippen molar-refractivity contribution in [1.82, 2.24) is 15.2 Å². The van der Waals surface area contributed by atoms with E-state index in [1.165, 1.54) is 0 Å². The maximum atomic E-state index is 5.59. The van der Waals surface area contributed by atoms with Crippen molar-refractivity contribution < 1.29 is 9.47 Å². The minimum atomic E-state index is 0.136. The van der Waals surface area contributed by atoms with Crippen LogP contribution in [-0.4, -0.2) is 28.4 Å². The van der Waals surface area contributed by atoms with Gasteiger partial charge in [0.2, 0.25) is 5.95 Å². The summed E-state index contributed by atoms with van der Waals surface area (Å²) < 4.78 is 11.1. The number of rotatable bonds is 1. The van der Waals surface area contributed by atoms with Gasteiger partial charge in [-0.1, -0.05) is 6.07 Å². The smallest absolute Gasteiger partial charge is 0.240 e. The first-order valence-corrected chi connectivity index (χ1v) is 5.19. The third-order valence-electron chi connectivity index (χ3n) is 2.42. The molecule has 2 N–H and O–H groups in total. The molecule has 17 heavy (non-hydrogen) atoms. The van der Waals surface area contributed by atoms with E-state index in [1.54, 1.807) is 6.20 Å². The lowest BCUT2D eigenvalue weighted by Crippen LogP contribution is -2.16. The monoisotopic (exact) mass is 230 g/mol. The van der Waals surface area contributed by atoms with Crippen LogP contribution < -0.4 is 15.2 Å². The van der Waals surface area contributed by atoms with Crippen molar-refractivity contribution in [3.63, 3.8) is 0 Å². The quantitative estimate of drug-likeness (QED) is 0.783. The zero-order chi connectivity index (χ0) is 11.7. The van der Waals surface area contributed by atoms with E-state index in [1.807, 2.05) is 18.2 Å². The average Bonchev–Trinajstić information content (AvgIpc) is 2.38. The Morgan fingerprint density at radius 2 is 2.06 bits per heavy atom. The van der Waals surface area contributed by atoms with E-state index in [-0.39, 0.29) is 5.95 Å². The highest BCUT2D eigenvalue weighted by atomic mass is 16.6. The van der Waals surface area contributed by atoms with Gasteiger partial charge in [0, 0.05) is 5.56 Å². The number of hydrogen-bond donors (Lipinski definition) is 1. The molecule has 0 radical (unpaired) electrons. The van der Waals surface area contributed by atoms with Gasteiger partial charge in [0.25, 0.3) is 0 Å². The molecule has 0 aliphatic carbocycles. The van der Waals surface area contributed by atoms with E-state index in [0.29, 0.717) is 30.4 Å². The summed E-state index contributed by atoms with van der Waals surface area (Å²) >= 11 is 0. The fraction of sp³-hybridized carbons (Fsp3) is 0.182. The Labute approximate surface area is 97.4 Å². The molecular formula is C11H10N4O2. The number of aromatic nitrogens is 3. The van der Waals surface area contributed by atoms with Gasteiger partial charge in [-0.2, -0.15) is 5.10 Å². The number of hydrogen-bond acceptors (Lipinski definition) is 6. The maximum absolute atomic E-state index is 5.59. The van der Waals surface area contributed by atoms with E-state index in [9.17, 15) is 0 Å². The number of benzene rings is 1. The van der Waals surface area contributed by atoms with Crippen LogP contribution in [0, 0.1) is 0 Å². The topological polar surface area (TPSA) is 83.2 Å². The predicted octanol–water partition coefficient (Wildman–Crippen LogP) is 0.892. The summed E-state index contributed by atoms with van der Waals surface area (Å²) in [6.07, 6.45) is 1.55. The van der Waals surface area contributed by atoms with Crippen molar-refractivity contribution in [2.75, 3.05) is 18.9 Å². The van der Waals surface area contributed by atoms with Gasteiger partial charge in [0.05, 0.1) is 11.9 Å². The molecule has 0 atom stereocenters. The second kappa shape index (κ2) is 3.89. The van der Waals surface area contributed by atoms with E-state index in [4.69, 9.17) is 15.2 Å². The van der Waals surface area contributed by atoms with Crippen LogP contribution in [0.5, 0.6) is 11.5 Å². The van der Waals surface area contributed by atoms with Gasteiger partial charge in [-0.25, -0.2) is 4.98 Å². The Morgan fingerprint density at radius 3 is 2.94 bits per heavy atom. The highest BCUT2D eigenvalue weighted by Crippen LogP contribution is 2.38. The molecule has 0 unspecified atom stereocenters. The minimum Gasteiger partial charge on any atom is -0.486 e. The lowest BCUT2D eigenvalue weighted by molar-refractivity contribution is 0.172. The summed E-state index contributed by atoms with van der Waals surface area (Å²) in [5.74, 6) is 1.53. The lowest BCUT2D eigenvalue weighted by Gasteiger charge is -2.20. The molecule has 0 saturated carbocycles. The van der Waals surface area contributed by atoms with Gasteiger partial charge in [0.15, 0.2) is 11.5 Å². The Bertz CT molecular complexity index is 559. The predicted molar refractivity (Wildman–Crippen MR) is 60.7 cm³/mol. The lowest BCUT2D eigenvalue weighted by atomic mass is 10.1. The molecule has 0 bridgehead atoms. The number of anilines is 1. The van der Waals surface area contributed by atoms with Gasteiger partial charge >= 0.3 is 0 Å². The summed E-state index contributed by atoms with van der Waals surface area (Å²) in [5, 5.41) is 7.40. The molecule has 1 aromatic carbocycles. The first kappa shape index (κ1) is 9.83. The minimum absolute atomic E-state index is 0.136. The summed E-state index contributed by atoms with van der Waals surface area (Å²) in [6, 6.07) is 5.62. The van der Waals surface area contributed by atoms with Crippen LogP contribution in [0.15, 0.2) is 24.4 Å². The molecule has 0 spiro atoms. The standard InChI is InChI=1S/C11H10N4O2/c12-11-14-8(6-13-15-11)7-2-1-3-9-10(7)17-5-4-16-9/h1-3,6H,4-5H2,(H2,12,14,15). The summed E-state index contributed by atoms with van der Waals surface area (Å²) in [6.45, 7) is 1.08. The molecule has 86 valence electrons. The number of nitrogens with zero attached hydrogens (tertiary/aromatic N) is 3. The maximum Gasteiger partial charge on any atom is 0.240 e. The zero-order valence-corrected chi connectivity index (χ0v) is 8.96. The van der Waals surface area contributed by atoms with Gasteiger partial charge in [0.1, 0.15) is 13.2 Å². The molecule has 1 aliphatic rings. The van der Waals surface area contributed by atoms with E-state index >= 15 is 0 Å². The molecule has 6 nitrogen and oxygen atoms in total. The average molecular weight is 230 g/mol. The summed E-state index contributed by atoms with van der Waals surface area (Å²) in [4.78, 5) is 4.12. The van der Waals surface area contributed by atoms with Crippen LogP contribution in [0.4, 0.5) is 5.95 Å². The molecule has 0 amide bonds. The third kappa shape index (κ3) is 1.73. The van der Waals surface area contributed by atoms with Crippen molar-refractivity contribution in [1.29, 1.82) is 0 Å².